The number of hydrogen-bond acceptors (Lipinski definition) is 2. The Morgan fingerprint density at radius 3 is 2.67 bits per heavy atom. The van der Waals surface area contributed by atoms with Crippen LogP contribution in [-0.4, -0.2) is 9.55 Å². The van der Waals surface area contributed by atoms with Crippen molar-refractivity contribution in [3.05, 3.63) is 45.1 Å². The number of para-hydroxylation sites is 1. The van der Waals surface area contributed by atoms with Crippen molar-refractivity contribution in [3.8, 4) is 0 Å². The van der Waals surface area contributed by atoms with Crippen LogP contribution in [0.3, 0.4) is 0 Å². The molecule has 1 unspecified atom stereocenters. The maximum absolute atomic E-state index is 11.8. The van der Waals surface area contributed by atoms with E-state index < -0.39 is 11.2 Å². The number of nitrogens with one attached hydrogen (secondary N) is 1. The molecule has 1 atom stereocenters. The average Bonchev–Trinajstić information content (AvgIpc) is 2.17. The molecular formula is C10H9ClN2O2. The summed E-state index contributed by atoms with van der Waals surface area (Å²) in [6, 6.07) is 6.84. The van der Waals surface area contributed by atoms with Crippen molar-refractivity contribution in [1.29, 1.82) is 0 Å². The van der Waals surface area contributed by atoms with Crippen molar-refractivity contribution < 1.29 is 0 Å². The Labute approximate surface area is 90.1 Å². The topological polar surface area (TPSA) is 54.9 Å². The van der Waals surface area contributed by atoms with E-state index in [1.54, 1.807) is 31.2 Å². The summed E-state index contributed by atoms with van der Waals surface area (Å²) in [7, 11) is 0. The molecule has 0 radical (unpaired) electrons. The molecule has 0 aliphatic carbocycles. The molecule has 0 bridgehead atoms. The van der Waals surface area contributed by atoms with Crippen molar-refractivity contribution in [2.24, 2.45) is 0 Å². The number of alkyl halides is 1. The first kappa shape index (κ1) is 9.98. The molecule has 0 spiro atoms. The highest BCUT2D eigenvalue weighted by Gasteiger charge is 2.10. The second kappa shape index (κ2) is 3.55. The molecule has 0 amide bonds. The van der Waals surface area contributed by atoms with E-state index in [4.69, 9.17) is 11.6 Å². The minimum Gasteiger partial charge on any atom is -0.307 e. The summed E-state index contributed by atoms with van der Waals surface area (Å²) in [4.78, 5) is 26.0. The number of nitrogens with zero attached hydrogens (tertiary/aromatic N) is 1. The van der Waals surface area contributed by atoms with Gasteiger partial charge in [0.25, 0.3) is 5.56 Å². The van der Waals surface area contributed by atoms with E-state index in [2.05, 4.69) is 4.98 Å². The Balaban J connectivity index is 2.97. The van der Waals surface area contributed by atoms with Crippen molar-refractivity contribution >= 4 is 22.5 Å². The molecule has 78 valence electrons. The molecule has 4 nitrogen and oxygen atoms in total. The monoisotopic (exact) mass is 224 g/mol. The summed E-state index contributed by atoms with van der Waals surface area (Å²) in [6.07, 6.45) is 0. The molecule has 2 aromatic rings. The molecule has 1 heterocycles. The smallest absolute Gasteiger partial charge is 0.307 e. The van der Waals surface area contributed by atoms with Crippen LogP contribution in [-0.2, 0) is 0 Å². The van der Waals surface area contributed by atoms with E-state index in [0.717, 1.165) is 4.57 Å². The Morgan fingerprint density at radius 2 is 2.00 bits per heavy atom. The summed E-state index contributed by atoms with van der Waals surface area (Å²) in [5.74, 6) is 0. The summed E-state index contributed by atoms with van der Waals surface area (Å²) in [5.41, 5.74) is -0.982. The van der Waals surface area contributed by atoms with Gasteiger partial charge in [0.1, 0.15) is 5.50 Å². The fourth-order valence-electron chi connectivity index (χ4n) is 1.50. The third kappa shape index (κ3) is 1.57. The van der Waals surface area contributed by atoms with Crippen molar-refractivity contribution in [3.63, 3.8) is 0 Å². The number of halogens is 1. The van der Waals surface area contributed by atoms with E-state index in [-0.39, 0.29) is 5.56 Å². The van der Waals surface area contributed by atoms with Crippen molar-refractivity contribution in [2.45, 2.75) is 12.4 Å². The third-order valence-electron chi connectivity index (χ3n) is 2.19. The lowest BCUT2D eigenvalue weighted by molar-refractivity contribution is 0.657. The Bertz CT molecular complexity index is 613. The van der Waals surface area contributed by atoms with Gasteiger partial charge in [-0.05, 0) is 19.1 Å². The van der Waals surface area contributed by atoms with Crippen LogP contribution in [0.5, 0.6) is 0 Å². The minimum absolute atomic E-state index is 0.364. The van der Waals surface area contributed by atoms with E-state index in [1.165, 1.54) is 0 Å². The lowest BCUT2D eigenvalue weighted by Crippen LogP contribution is -2.35. The quantitative estimate of drug-likeness (QED) is 0.746. The van der Waals surface area contributed by atoms with E-state index in [0.29, 0.717) is 10.9 Å². The molecule has 0 fully saturated rings. The number of aromatic nitrogens is 2. The molecule has 15 heavy (non-hydrogen) atoms. The molecular weight excluding hydrogens is 216 g/mol. The zero-order chi connectivity index (χ0) is 11.0. The van der Waals surface area contributed by atoms with Crippen molar-refractivity contribution in [1.82, 2.24) is 9.55 Å². The standard InChI is InChI=1S/C10H9ClN2O2/c1-6(11)13-9(14)7-4-2-3-5-8(7)12-10(13)15/h2-6H,1H3,(H,12,15). The van der Waals surface area contributed by atoms with Gasteiger partial charge in [0, 0.05) is 0 Å². The van der Waals surface area contributed by atoms with Gasteiger partial charge in [-0.1, -0.05) is 23.7 Å². The lowest BCUT2D eigenvalue weighted by atomic mass is 10.2. The predicted molar refractivity (Wildman–Crippen MR) is 59.4 cm³/mol. The van der Waals surface area contributed by atoms with Crippen LogP contribution in [0.25, 0.3) is 10.9 Å². The second-order valence-corrected chi connectivity index (χ2v) is 3.86. The molecule has 0 aliphatic rings. The number of aromatic amines is 1. The lowest BCUT2D eigenvalue weighted by Gasteiger charge is -2.07. The Morgan fingerprint density at radius 1 is 1.33 bits per heavy atom. The number of fused-ring (bicyclic) bond motifs is 1. The molecule has 1 N–H and O–H groups in total. The predicted octanol–water partition coefficient (Wildman–Crippen LogP) is 1.45. The average molecular weight is 225 g/mol. The van der Waals surface area contributed by atoms with Crippen LogP contribution >= 0.6 is 11.6 Å². The normalized spacial score (nSPS) is 12.9. The molecule has 2 rings (SSSR count). The van der Waals surface area contributed by atoms with Gasteiger partial charge in [0.2, 0.25) is 0 Å². The maximum Gasteiger partial charge on any atom is 0.330 e. The van der Waals surface area contributed by atoms with Crippen LogP contribution < -0.4 is 11.2 Å². The fraction of sp³-hybridized carbons (Fsp3) is 0.200. The molecule has 5 heteroatoms. The third-order valence-corrected chi connectivity index (χ3v) is 2.39. The maximum atomic E-state index is 11.8. The first-order valence-corrected chi connectivity index (χ1v) is 4.92. The Hall–Kier alpha value is -1.55. The number of hydrogen-bond donors (Lipinski definition) is 1. The van der Waals surface area contributed by atoms with Crippen LogP contribution in [0, 0.1) is 0 Å². The van der Waals surface area contributed by atoms with Gasteiger partial charge in [-0.25, -0.2) is 9.36 Å². The van der Waals surface area contributed by atoms with Gasteiger partial charge in [-0.2, -0.15) is 0 Å². The summed E-state index contributed by atoms with van der Waals surface area (Å²) in [5, 5.41) is 0.463. The van der Waals surface area contributed by atoms with Crippen LogP contribution in [0.15, 0.2) is 33.9 Å². The zero-order valence-corrected chi connectivity index (χ0v) is 8.78. The van der Waals surface area contributed by atoms with Gasteiger partial charge < -0.3 is 4.98 Å². The number of H-pyrrole nitrogens is 1. The van der Waals surface area contributed by atoms with Crippen LogP contribution in [0.1, 0.15) is 12.4 Å². The van der Waals surface area contributed by atoms with Gasteiger partial charge in [0.05, 0.1) is 10.9 Å². The summed E-state index contributed by atoms with van der Waals surface area (Å²) in [6.45, 7) is 1.58. The van der Waals surface area contributed by atoms with E-state index in [1.807, 2.05) is 0 Å². The molecule has 0 saturated heterocycles. The van der Waals surface area contributed by atoms with Crippen LogP contribution in [0.4, 0.5) is 0 Å². The van der Waals surface area contributed by atoms with E-state index >= 15 is 0 Å². The SMILES string of the molecule is CC(Cl)n1c(=O)[nH]c2ccccc2c1=O. The summed E-state index contributed by atoms with van der Waals surface area (Å²) >= 11 is 5.76. The molecule has 0 aliphatic heterocycles. The highest BCUT2D eigenvalue weighted by molar-refractivity contribution is 6.18. The fourth-order valence-corrected chi connectivity index (χ4v) is 1.68. The molecule has 1 aromatic heterocycles. The first-order valence-electron chi connectivity index (χ1n) is 4.49. The van der Waals surface area contributed by atoms with Crippen molar-refractivity contribution in [2.75, 3.05) is 0 Å². The van der Waals surface area contributed by atoms with Crippen LogP contribution in [0.2, 0.25) is 0 Å². The van der Waals surface area contributed by atoms with Gasteiger partial charge >= 0.3 is 5.69 Å². The molecule has 0 saturated carbocycles. The van der Waals surface area contributed by atoms with E-state index in [9.17, 15) is 9.59 Å². The van der Waals surface area contributed by atoms with Gasteiger partial charge in [0.15, 0.2) is 0 Å². The first-order chi connectivity index (χ1) is 7.11. The van der Waals surface area contributed by atoms with Gasteiger partial charge in [-0.15, -0.1) is 0 Å². The number of rotatable bonds is 1. The minimum atomic E-state index is -0.661. The second-order valence-electron chi connectivity index (χ2n) is 3.22. The van der Waals surface area contributed by atoms with Gasteiger partial charge in [-0.3, -0.25) is 4.79 Å². The number of benzene rings is 1. The zero-order valence-electron chi connectivity index (χ0n) is 8.03. The summed E-state index contributed by atoms with van der Waals surface area (Å²) < 4.78 is 0.990. The largest absolute Gasteiger partial charge is 0.330 e. The highest BCUT2D eigenvalue weighted by atomic mass is 35.5. The molecule has 1 aromatic carbocycles. The Kier molecular flexibility index (Phi) is 2.36. The highest BCUT2D eigenvalue weighted by Crippen LogP contribution is 2.07.